The molecule has 0 saturated carbocycles. The van der Waals surface area contributed by atoms with Crippen molar-refractivity contribution in [2.24, 2.45) is 5.92 Å². The van der Waals surface area contributed by atoms with Crippen LogP contribution in [0.1, 0.15) is 25.3 Å². The van der Waals surface area contributed by atoms with Gasteiger partial charge in [-0.05, 0) is 60.8 Å². The van der Waals surface area contributed by atoms with Crippen LogP contribution in [0.15, 0.2) is 54.6 Å². The fourth-order valence-corrected chi connectivity index (χ4v) is 4.07. The first-order valence-electron chi connectivity index (χ1n) is 11.4. The number of para-hydroxylation sites is 1. The summed E-state index contributed by atoms with van der Waals surface area (Å²) < 4.78 is 16.8. The van der Waals surface area contributed by atoms with Gasteiger partial charge in [-0.25, -0.2) is 0 Å². The zero-order valence-corrected chi connectivity index (χ0v) is 19.8. The van der Waals surface area contributed by atoms with Gasteiger partial charge in [0, 0.05) is 25.7 Å². The molecule has 5 rings (SSSR count). The number of hydrogen-bond acceptors (Lipinski definition) is 7. The lowest BCUT2D eigenvalue weighted by atomic mass is 9.99. The van der Waals surface area contributed by atoms with E-state index in [4.69, 9.17) is 31.4 Å². The van der Waals surface area contributed by atoms with Crippen LogP contribution >= 0.6 is 12.2 Å². The highest BCUT2D eigenvalue weighted by Crippen LogP contribution is 2.32. The highest BCUT2D eigenvalue weighted by Gasteiger charge is 2.19. The molecule has 3 aromatic rings. The van der Waals surface area contributed by atoms with Crippen molar-refractivity contribution in [1.82, 2.24) is 15.3 Å². The molecule has 0 unspecified atom stereocenters. The fourth-order valence-electron chi connectivity index (χ4n) is 3.91. The van der Waals surface area contributed by atoms with Gasteiger partial charge in [-0.3, -0.25) is 0 Å². The van der Waals surface area contributed by atoms with Gasteiger partial charge in [0.05, 0.1) is 0 Å². The van der Waals surface area contributed by atoms with E-state index in [1.165, 1.54) is 0 Å². The van der Waals surface area contributed by atoms with E-state index in [1.54, 1.807) is 0 Å². The number of rotatable bonds is 6. The largest absolute Gasteiger partial charge is 0.454 e. The highest BCUT2D eigenvalue weighted by atomic mass is 32.1. The quantitative estimate of drug-likeness (QED) is 0.490. The molecule has 1 saturated heterocycles. The number of fused-ring (bicyclic) bond motifs is 1. The van der Waals surface area contributed by atoms with Gasteiger partial charge in [-0.15, -0.1) is 0 Å². The maximum Gasteiger partial charge on any atom is 0.234 e. The Morgan fingerprint density at radius 2 is 1.85 bits per heavy atom. The molecular formula is C25H27N5O3S. The van der Waals surface area contributed by atoms with Crippen molar-refractivity contribution in [3.63, 3.8) is 0 Å². The third-order valence-corrected chi connectivity index (χ3v) is 6.12. The van der Waals surface area contributed by atoms with Crippen LogP contribution in [0.5, 0.6) is 23.1 Å². The molecule has 0 bridgehead atoms. The summed E-state index contributed by atoms with van der Waals surface area (Å²) >= 11 is 5.51. The molecular weight excluding hydrogens is 450 g/mol. The van der Waals surface area contributed by atoms with Crippen LogP contribution < -0.4 is 29.7 Å². The molecule has 2 aliphatic rings. The molecule has 34 heavy (non-hydrogen) atoms. The predicted octanol–water partition coefficient (Wildman–Crippen LogP) is 4.72. The summed E-state index contributed by atoms with van der Waals surface area (Å²) in [5.74, 6) is 4.63. The first kappa shape index (κ1) is 22.2. The maximum atomic E-state index is 6.02. The number of nitrogens with zero attached hydrogens (tertiary/aromatic N) is 3. The van der Waals surface area contributed by atoms with Gasteiger partial charge in [-0.2, -0.15) is 9.97 Å². The van der Waals surface area contributed by atoms with Gasteiger partial charge in [0.1, 0.15) is 11.6 Å². The Bertz CT molecular complexity index is 1150. The average Bonchev–Trinajstić information content (AvgIpc) is 3.32. The van der Waals surface area contributed by atoms with Crippen molar-refractivity contribution in [3.05, 3.63) is 60.2 Å². The third-order valence-electron chi connectivity index (χ3n) is 5.88. The Hall–Kier alpha value is -3.59. The second-order valence-electron chi connectivity index (χ2n) is 8.47. The van der Waals surface area contributed by atoms with Crippen LogP contribution in [0.25, 0.3) is 0 Å². The monoisotopic (exact) mass is 477 g/mol. The lowest BCUT2D eigenvalue weighted by Gasteiger charge is -2.31. The number of piperidine rings is 1. The Kier molecular flexibility index (Phi) is 6.62. The van der Waals surface area contributed by atoms with E-state index in [0.717, 1.165) is 54.7 Å². The topological polar surface area (TPSA) is 80.8 Å². The van der Waals surface area contributed by atoms with E-state index in [1.807, 2.05) is 54.6 Å². The Morgan fingerprint density at radius 1 is 1.06 bits per heavy atom. The molecule has 9 heteroatoms. The van der Waals surface area contributed by atoms with Crippen LogP contribution in [0.2, 0.25) is 0 Å². The van der Waals surface area contributed by atoms with Crippen molar-refractivity contribution >= 4 is 29.1 Å². The van der Waals surface area contributed by atoms with Gasteiger partial charge in [0.15, 0.2) is 16.6 Å². The predicted molar refractivity (Wildman–Crippen MR) is 135 cm³/mol. The molecule has 2 aliphatic heterocycles. The molecule has 176 valence electrons. The molecule has 1 fully saturated rings. The summed E-state index contributed by atoms with van der Waals surface area (Å²) in [6, 6.07) is 17.3. The lowest BCUT2D eigenvalue weighted by Crippen LogP contribution is -2.34. The second kappa shape index (κ2) is 10.1. The molecule has 3 heterocycles. The number of anilines is 2. The van der Waals surface area contributed by atoms with E-state index in [0.29, 0.717) is 29.2 Å². The van der Waals surface area contributed by atoms with Crippen molar-refractivity contribution < 1.29 is 14.2 Å². The van der Waals surface area contributed by atoms with Gasteiger partial charge < -0.3 is 29.7 Å². The summed E-state index contributed by atoms with van der Waals surface area (Å²) in [5, 5.41) is 6.74. The van der Waals surface area contributed by atoms with Crippen LogP contribution in [0.4, 0.5) is 11.8 Å². The SMILES string of the molecule is CC1CCN(c2cc(Oc3ccccc3)nc(NC(=S)NCc3ccc4c(c3)OCO4)n2)CC1. The van der Waals surface area contributed by atoms with Gasteiger partial charge >= 0.3 is 0 Å². The number of ether oxygens (including phenoxy) is 3. The van der Waals surface area contributed by atoms with Crippen LogP contribution in [-0.2, 0) is 6.54 Å². The zero-order chi connectivity index (χ0) is 23.3. The smallest absolute Gasteiger partial charge is 0.234 e. The molecule has 2 aromatic carbocycles. The number of nitrogens with one attached hydrogen (secondary N) is 2. The second-order valence-corrected chi connectivity index (χ2v) is 8.88. The van der Waals surface area contributed by atoms with E-state index in [9.17, 15) is 0 Å². The van der Waals surface area contributed by atoms with Gasteiger partial charge in [0.25, 0.3) is 0 Å². The van der Waals surface area contributed by atoms with Crippen molar-refractivity contribution in [3.8, 4) is 23.1 Å². The molecule has 2 N–H and O–H groups in total. The molecule has 0 spiro atoms. The molecule has 0 atom stereocenters. The van der Waals surface area contributed by atoms with E-state index in [-0.39, 0.29) is 6.79 Å². The summed E-state index contributed by atoms with van der Waals surface area (Å²) in [6.07, 6.45) is 2.27. The lowest BCUT2D eigenvalue weighted by molar-refractivity contribution is 0.174. The summed E-state index contributed by atoms with van der Waals surface area (Å²) in [5.41, 5.74) is 1.03. The van der Waals surface area contributed by atoms with E-state index < -0.39 is 0 Å². The summed E-state index contributed by atoms with van der Waals surface area (Å²) in [6.45, 7) is 4.98. The minimum absolute atomic E-state index is 0.253. The number of hydrogen-bond donors (Lipinski definition) is 2. The van der Waals surface area contributed by atoms with Crippen LogP contribution in [0, 0.1) is 5.92 Å². The Labute approximate surface area is 204 Å². The van der Waals surface area contributed by atoms with E-state index in [2.05, 4.69) is 27.4 Å². The first-order chi connectivity index (χ1) is 16.6. The number of aromatic nitrogens is 2. The van der Waals surface area contributed by atoms with Crippen molar-refractivity contribution in [2.45, 2.75) is 26.3 Å². The third kappa shape index (κ3) is 5.48. The zero-order valence-electron chi connectivity index (χ0n) is 19.0. The average molecular weight is 478 g/mol. The maximum absolute atomic E-state index is 6.02. The van der Waals surface area contributed by atoms with Crippen LogP contribution in [-0.4, -0.2) is 35.0 Å². The normalized spacial score (nSPS) is 15.1. The Morgan fingerprint density at radius 3 is 2.68 bits per heavy atom. The molecule has 1 aromatic heterocycles. The standard InChI is InChI=1S/C25H27N5O3S/c1-17-9-11-30(12-10-17)22-14-23(33-19-5-3-2-4-6-19)28-24(27-22)29-25(34)26-15-18-7-8-20-21(13-18)32-16-31-20/h2-8,13-14,17H,9-12,15-16H2,1H3,(H2,26,27,28,29,34). The van der Waals surface area contributed by atoms with Crippen molar-refractivity contribution in [1.29, 1.82) is 0 Å². The number of thiocarbonyl (C=S) groups is 1. The molecule has 8 nitrogen and oxygen atoms in total. The van der Waals surface area contributed by atoms with E-state index >= 15 is 0 Å². The molecule has 0 aliphatic carbocycles. The number of benzene rings is 2. The Balaban J connectivity index is 1.29. The molecule has 0 amide bonds. The van der Waals surface area contributed by atoms with Gasteiger partial charge in [0.2, 0.25) is 18.6 Å². The van der Waals surface area contributed by atoms with Crippen molar-refractivity contribution in [2.75, 3.05) is 30.1 Å². The first-order valence-corrected chi connectivity index (χ1v) is 11.8. The fraction of sp³-hybridized carbons (Fsp3) is 0.320. The molecule has 0 radical (unpaired) electrons. The highest BCUT2D eigenvalue weighted by molar-refractivity contribution is 7.80. The summed E-state index contributed by atoms with van der Waals surface area (Å²) in [4.78, 5) is 11.5. The van der Waals surface area contributed by atoms with Gasteiger partial charge in [-0.1, -0.05) is 31.2 Å². The minimum Gasteiger partial charge on any atom is -0.454 e. The minimum atomic E-state index is 0.253. The summed E-state index contributed by atoms with van der Waals surface area (Å²) in [7, 11) is 0. The van der Waals surface area contributed by atoms with Crippen LogP contribution in [0.3, 0.4) is 0 Å².